The average molecular weight is 290 g/mol. The Morgan fingerprint density at radius 3 is 2.85 bits per heavy atom. The monoisotopic (exact) mass is 290 g/mol. The van der Waals surface area contributed by atoms with Gasteiger partial charge in [0.1, 0.15) is 12.1 Å². The molecule has 7 heteroatoms. The highest BCUT2D eigenvalue weighted by Gasteiger charge is 2.26. The highest BCUT2D eigenvalue weighted by atomic mass is 32.2. The molecule has 1 aromatic heterocycles. The van der Waals surface area contributed by atoms with Crippen molar-refractivity contribution in [1.29, 1.82) is 0 Å². The van der Waals surface area contributed by atoms with Crippen molar-refractivity contribution >= 4 is 23.4 Å². The van der Waals surface area contributed by atoms with Crippen LogP contribution in [-0.2, 0) is 4.79 Å². The van der Waals surface area contributed by atoms with E-state index in [2.05, 4.69) is 15.5 Å². The maximum absolute atomic E-state index is 11.8. The normalized spacial score (nSPS) is 14.2. The summed E-state index contributed by atoms with van der Waals surface area (Å²) in [5, 5.41) is 20.6. The first-order chi connectivity index (χ1) is 9.72. The molecule has 0 bridgehead atoms. The van der Waals surface area contributed by atoms with Gasteiger partial charge in [-0.3, -0.25) is 4.79 Å². The van der Waals surface area contributed by atoms with Crippen LogP contribution in [0.3, 0.4) is 0 Å². The molecule has 1 amide bonds. The molecule has 1 saturated carbocycles. The second-order valence-electron chi connectivity index (χ2n) is 4.64. The molecular formula is C13H14N4O2S. The fourth-order valence-corrected chi connectivity index (χ4v) is 2.59. The van der Waals surface area contributed by atoms with Crippen molar-refractivity contribution in [3.63, 3.8) is 0 Å². The number of nitrogens with one attached hydrogen (secondary N) is 1. The SMILES string of the molecule is O=C(CSc1nncn1C1CC1)Nc1ccc(O)cc1. The molecule has 1 aromatic carbocycles. The van der Waals surface area contributed by atoms with Crippen LogP contribution in [0.4, 0.5) is 5.69 Å². The van der Waals surface area contributed by atoms with Gasteiger partial charge in [-0.2, -0.15) is 0 Å². The summed E-state index contributed by atoms with van der Waals surface area (Å²) in [6.07, 6.45) is 4.04. The van der Waals surface area contributed by atoms with Crippen molar-refractivity contribution in [2.24, 2.45) is 0 Å². The number of rotatable bonds is 5. The smallest absolute Gasteiger partial charge is 0.234 e. The van der Waals surface area contributed by atoms with Gasteiger partial charge in [0, 0.05) is 11.7 Å². The molecule has 20 heavy (non-hydrogen) atoms. The zero-order chi connectivity index (χ0) is 13.9. The third kappa shape index (κ3) is 3.11. The van der Waals surface area contributed by atoms with Crippen LogP contribution in [-0.4, -0.2) is 31.5 Å². The van der Waals surface area contributed by atoms with Crippen LogP contribution in [0, 0.1) is 0 Å². The summed E-state index contributed by atoms with van der Waals surface area (Å²) in [6.45, 7) is 0. The number of aromatic nitrogens is 3. The quantitative estimate of drug-likeness (QED) is 0.650. The Kier molecular flexibility index (Phi) is 3.60. The Labute approximate surface area is 120 Å². The molecule has 0 aliphatic heterocycles. The molecule has 2 N–H and O–H groups in total. The van der Waals surface area contributed by atoms with Crippen molar-refractivity contribution in [1.82, 2.24) is 14.8 Å². The van der Waals surface area contributed by atoms with Gasteiger partial charge in [0.25, 0.3) is 0 Å². The summed E-state index contributed by atoms with van der Waals surface area (Å²) in [4.78, 5) is 11.8. The summed E-state index contributed by atoms with van der Waals surface area (Å²) in [5.41, 5.74) is 0.664. The molecule has 1 fully saturated rings. The van der Waals surface area contributed by atoms with E-state index in [1.807, 2.05) is 4.57 Å². The summed E-state index contributed by atoms with van der Waals surface area (Å²) < 4.78 is 2.03. The lowest BCUT2D eigenvalue weighted by Gasteiger charge is -2.06. The van der Waals surface area contributed by atoms with Gasteiger partial charge in [-0.15, -0.1) is 10.2 Å². The first-order valence-electron chi connectivity index (χ1n) is 6.33. The Hall–Kier alpha value is -2.02. The van der Waals surface area contributed by atoms with Crippen molar-refractivity contribution in [3.05, 3.63) is 30.6 Å². The van der Waals surface area contributed by atoms with Crippen LogP contribution in [0.5, 0.6) is 5.75 Å². The Bertz CT molecular complexity index is 607. The molecule has 3 rings (SSSR count). The van der Waals surface area contributed by atoms with Crippen LogP contribution in [0.25, 0.3) is 0 Å². The molecule has 0 unspecified atom stereocenters. The lowest BCUT2D eigenvalue weighted by molar-refractivity contribution is -0.113. The first-order valence-corrected chi connectivity index (χ1v) is 7.32. The molecule has 2 aromatic rings. The van der Waals surface area contributed by atoms with E-state index in [-0.39, 0.29) is 17.4 Å². The molecule has 0 saturated heterocycles. The van der Waals surface area contributed by atoms with Gasteiger partial charge in [0.05, 0.1) is 5.75 Å². The molecule has 6 nitrogen and oxygen atoms in total. The summed E-state index contributed by atoms with van der Waals surface area (Å²) in [7, 11) is 0. The highest BCUT2D eigenvalue weighted by molar-refractivity contribution is 7.99. The third-order valence-corrected chi connectivity index (χ3v) is 3.92. The van der Waals surface area contributed by atoms with Crippen molar-refractivity contribution < 1.29 is 9.90 Å². The van der Waals surface area contributed by atoms with E-state index in [9.17, 15) is 9.90 Å². The summed E-state index contributed by atoms with van der Waals surface area (Å²) in [5.74, 6) is 0.354. The molecule has 0 radical (unpaired) electrons. The summed E-state index contributed by atoms with van der Waals surface area (Å²) >= 11 is 1.38. The number of phenols is 1. The van der Waals surface area contributed by atoms with Crippen LogP contribution < -0.4 is 5.32 Å². The zero-order valence-electron chi connectivity index (χ0n) is 10.7. The van der Waals surface area contributed by atoms with Crippen molar-refractivity contribution in [2.45, 2.75) is 24.0 Å². The molecule has 104 valence electrons. The number of hydrogen-bond acceptors (Lipinski definition) is 5. The number of carbonyl (C=O) groups is 1. The van der Waals surface area contributed by atoms with E-state index in [4.69, 9.17) is 0 Å². The maximum Gasteiger partial charge on any atom is 0.234 e. The Morgan fingerprint density at radius 1 is 1.40 bits per heavy atom. The highest BCUT2D eigenvalue weighted by Crippen LogP contribution is 2.37. The van der Waals surface area contributed by atoms with Crippen LogP contribution in [0.15, 0.2) is 35.7 Å². The topological polar surface area (TPSA) is 80.0 Å². The summed E-state index contributed by atoms with van der Waals surface area (Å²) in [6, 6.07) is 6.89. The van der Waals surface area contributed by atoms with Gasteiger partial charge in [-0.05, 0) is 37.1 Å². The zero-order valence-corrected chi connectivity index (χ0v) is 11.5. The Balaban J connectivity index is 1.54. The molecule has 1 aliphatic rings. The number of amides is 1. The van der Waals surface area contributed by atoms with E-state index in [1.54, 1.807) is 18.5 Å². The fraction of sp³-hybridized carbons (Fsp3) is 0.308. The minimum absolute atomic E-state index is 0.106. The van der Waals surface area contributed by atoms with Gasteiger partial charge < -0.3 is 15.0 Å². The third-order valence-electron chi connectivity index (χ3n) is 2.96. The average Bonchev–Trinajstić information content (AvgIpc) is 3.18. The number of aromatic hydroxyl groups is 1. The molecule has 1 aliphatic carbocycles. The molecule has 1 heterocycles. The van der Waals surface area contributed by atoms with Crippen LogP contribution in [0.1, 0.15) is 18.9 Å². The minimum Gasteiger partial charge on any atom is -0.508 e. The van der Waals surface area contributed by atoms with Crippen LogP contribution in [0.2, 0.25) is 0 Å². The van der Waals surface area contributed by atoms with E-state index in [0.29, 0.717) is 11.7 Å². The van der Waals surface area contributed by atoms with Gasteiger partial charge in [-0.1, -0.05) is 11.8 Å². The maximum atomic E-state index is 11.8. The number of benzene rings is 1. The number of phenolic OH excluding ortho intramolecular Hbond substituents is 1. The second kappa shape index (κ2) is 5.54. The van der Waals surface area contributed by atoms with Crippen molar-refractivity contribution in [3.8, 4) is 5.75 Å². The van der Waals surface area contributed by atoms with E-state index >= 15 is 0 Å². The molecule has 0 spiro atoms. The number of anilines is 1. The largest absolute Gasteiger partial charge is 0.508 e. The van der Waals surface area contributed by atoms with Crippen molar-refractivity contribution in [2.75, 3.05) is 11.1 Å². The molecular weight excluding hydrogens is 276 g/mol. The predicted molar refractivity (Wildman–Crippen MR) is 75.8 cm³/mol. The molecule has 0 atom stereocenters. The van der Waals surface area contributed by atoms with Gasteiger partial charge in [0.2, 0.25) is 5.91 Å². The second-order valence-corrected chi connectivity index (χ2v) is 5.58. The Morgan fingerprint density at radius 2 is 2.15 bits per heavy atom. The van der Waals surface area contributed by atoms with Crippen LogP contribution >= 0.6 is 11.8 Å². The standard InChI is InChI=1S/C13H14N4O2S/c18-11-5-1-9(2-6-11)15-12(19)7-20-13-16-14-8-17(13)10-3-4-10/h1-2,5-6,8,10,18H,3-4,7H2,(H,15,19). The minimum atomic E-state index is -0.106. The lowest BCUT2D eigenvalue weighted by atomic mass is 10.3. The van der Waals surface area contributed by atoms with Gasteiger partial charge in [-0.25, -0.2) is 0 Å². The number of nitrogens with zero attached hydrogens (tertiary/aromatic N) is 3. The first kappa shape index (κ1) is 13.0. The van der Waals surface area contributed by atoms with E-state index < -0.39 is 0 Å². The van der Waals surface area contributed by atoms with Gasteiger partial charge >= 0.3 is 0 Å². The van der Waals surface area contributed by atoms with E-state index in [1.165, 1.54) is 23.9 Å². The van der Waals surface area contributed by atoms with E-state index in [0.717, 1.165) is 18.0 Å². The predicted octanol–water partition coefficient (Wildman–Crippen LogP) is 2.05. The fourth-order valence-electron chi connectivity index (χ4n) is 1.81. The van der Waals surface area contributed by atoms with Gasteiger partial charge in [0.15, 0.2) is 5.16 Å². The number of carbonyl (C=O) groups excluding carboxylic acids is 1. The lowest BCUT2D eigenvalue weighted by Crippen LogP contribution is -2.14. The number of hydrogen-bond donors (Lipinski definition) is 2. The number of thioether (sulfide) groups is 1.